The van der Waals surface area contributed by atoms with Crippen LogP contribution in [-0.4, -0.2) is 97.7 Å². The molecule has 1 saturated heterocycles. The molecule has 10 nitrogen and oxygen atoms in total. The number of urea groups is 1. The number of carbonyl (C=O) groups is 4. The van der Waals surface area contributed by atoms with E-state index in [0.717, 1.165) is 83.4 Å². The lowest BCUT2D eigenvalue weighted by molar-refractivity contribution is -0.150. The van der Waals surface area contributed by atoms with Crippen LogP contribution in [0, 0.1) is 24.7 Å². The lowest BCUT2D eigenvalue weighted by atomic mass is 9.71. The summed E-state index contributed by atoms with van der Waals surface area (Å²) in [6.45, 7) is 33.7. The summed E-state index contributed by atoms with van der Waals surface area (Å²) in [6.07, 6.45) is 26.3. The maximum absolute atomic E-state index is 14.8. The van der Waals surface area contributed by atoms with Crippen LogP contribution in [0.1, 0.15) is 284 Å². The summed E-state index contributed by atoms with van der Waals surface area (Å²) in [5.74, 6) is 2.15. The van der Waals surface area contributed by atoms with Crippen molar-refractivity contribution < 1.29 is 38.9 Å². The van der Waals surface area contributed by atoms with Crippen molar-refractivity contribution in [2.24, 2.45) is 10.8 Å². The largest absolute Gasteiger partial charge is 0.507 e. The summed E-state index contributed by atoms with van der Waals surface area (Å²) < 4.78 is 12.6. The smallest absolute Gasteiger partial charge is 0.327 e. The third-order valence-electron chi connectivity index (χ3n) is 16.5. The molecule has 1 aliphatic heterocycles. The Morgan fingerprint density at radius 2 is 0.867 bits per heavy atom. The zero-order valence-corrected chi connectivity index (χ0v) is 57.3. The van der Waals surface area contributed by atoms with Gasteiger partial charge in [-0.3, -0.25) is 19.3 Å². The van der Waals surface area contributed by atoms with Crippen molar-refractivity contribution in [2.75, 3.05) is 36.1 Å². The SMILES string of the molecule is CCCCCCCCCCCCSCC(CN1C(=O)N(CC(CSCCCCCCCCCCCC)OC(=O)CCc2cc(C)c(O)c(C(C)(C)CC(C)(C)C)c2)C(C)(C)C1=O)OC(=O)CCc1cc(C)c(O)c(C(C)(C)CC(C)(C)C)c1. The summed E-state index contributed by atoms with van der Waals surface area (Å²) >= 11 is 3.43. The summed E-state index contributed by atoms with van der Waals surface area (Å²) in [7, 11) is 0. The molecule has 1 aliphatic rings. The third kappa shape index (κ3) is 27.1. The quantitative estimate of drug-likeness (QED) is 0.0376. The highest BCUT2D eigenvalue weighted by molar-refractivity contribution is 7.99. The van der Waals surface area contributed by atoms with E-state index >= 15 is 0 Å². The number of unbranched alkanes of at least 4 members (excludes halogenated alkanes) is 18. The number of rotatable bonds is 42. The number of hydrogen-bond acceptors (Lipinski definition) is 10. The maximum atomic E-state index is 14.8. The third-order valence-corrected chi connectivity index (χ3v) is 18.9. The highest BCUT2D eigenvalue weighted by Gasteiger charge is 2.52. The van der Waals surface area contributed by atoms with Crippen LogP contribution < -0.4 is 0 Å². The lowest BCUT2D eigenvalue weighted by Crippen LogP contribution is -2.48. The van der Waals surface area contributed by atoms with E-state index in [9.17, 15) is 29.4 Å². The molecule has 1 heterocycles. The molecule has 83 heavy (non-hydrogen) atoms. The van der Waals surface area contributed by atoms with E-state index in [1.807, 2.05) is 38.1 Å². The van der Waals surface area contributed by atoms with Crippen LogP contribution >= 0.6 is 23.5 Å². The van der Waals surface area contributed by atoms with Crippen molar-refractivity contribution in [3.63, 3.8) is 0 Å². The average molecular weight is 1190 g/mol. The van der Waals surface area contributed by atoms with E-state index < -0.39 is 29.7 Å². The van der Waals surface area contributed by atoms with Gasteiger partial charge in [0.05, 0.1) is 13.1 Å². The Morgan fingerprint density at radius 1 is 0.530 bits per heavy atom. The molecule has 2 aromatic carbocycles. The number of aryl methyl sites for hydroxylation is 4. The average Bonchev–Trinajstić information content (AvgIpc) is 3.77. The minimum absolute atomic E-state index is 0.0404. The topological polar surface area (TPSA) is 134 Å². The summed E-state index contributed by atoms with van der Waals surface area (Å²) in [4.78, 5) is 60.0. The molecule has 0 radical (unpaired) electrons. The van der Waals surface area contributed by atoms with Crippen LogP contribution in [0.4, 0.5) is 4.79 Å². The first-order valence-corrected chi connectivity index (χ1v) is 35.1. The van der Waals surface area contributed by atoms with E-state index in [-0.39, 0.29) is 59.5 Å². The molecule has 474 valence electrons. The number of benzene rings is 2. The zero-order valence-electron chi connectivity index (χ0n) is 55.6. The van der Waals surface area contributed by atoms with Gasteiger partial charge in [-0.05, 0) is 122 Å². The van der Waals surface area contributed by atoms with Crippen LogP contribution in [0.15, 0.2) is 24.3 Å². The van der Waals surface area contributed by atoms with Crippen molar-refractivity contribution in [1.29, 1.82) is 0 Å². The Balaban J connectivity index is 1.81. The summed E-state index contributed by atoms with van der Waals surface area (Å²) in [5, 5.41) is 22.5. The van der Waals surface area contributed by atoms with Gasteiger partial charge in [-0.15, -0.1) is 0 Å². The molecule has 3 rings (SSSR count). The van der Waals surface area contributed by atoms with Gasteiger partial charge < -0.3 is 24.6 Å². The Kier molecular flexibility index (Phi) is 32.1. The minimum Gasteiger partial charge on any atom is -0.507 e. The van der Waals surface area contributed by atoms with E-state index in [1.165, 1.54) is 108 Å². The van der Waals surface area contributed by atoms with Gasteiger partial charge in [0.25, 0.3) is 5.91 Å². The van der Waals surface area contributed by atoms with Gasteiger partial charge >= 0.3 is 18.0 Å². The molecule has 12 heteroatoms. The Bertz CT molecular complexity index is 2280. The molecule has 0 saturated carbocycles. The number of aromatic hydroxyl groups is 2. The summed E-state index contributed by atoms with van der Waals surface area (Å²) in [6, 6.07) is 7.49. The molecular weight excluding hydrogens is 1070 g/mol. The molecule has 0 aliphatic carbocycles. The predicted octanol–water partition coefficient (Wildman–Crippen LogP) is 18.9. The number of amides is 3. The Hall–Kier alpha value is -3.38. The second-order valence-electron chi connectivity index (χ2n) is 29.0. The number of esters is 2. The number of carbonyl (C=O) groups excluding carboxylic acids is 4. The van der Waals surface area contributed by atoms with Crippen molar-refractivity contribution in [2.45, 2.75) is 306 Å². The van der Waals surface area contributed by atoms with Gasteiger partial charge in [0, 0.05) is 35.5 Å². The second-order valence-corrected chi connectivity index (χ2v) is 31.3. The Labute approximate surface area is 515 Å². The predicted molar refractivity (Wildman–Crippen MR) is 353 cm³/mol. The fraction of sp³-hybridized carbons (Fsp3) is 0.775. The maximum Gasteiger partial charge on any atom is 0.327 e. The van der Waals surface area contributed by atoms with Crippen LogP contribution in [0.5, 0.6) is 11.5 Å². The molecule has 2 aromatic rings. The molecule has 2 N–H and O–H groups in total. The molecule has 3 amide bonds. The first-order chi connectivity index (χ1) is 38.9. The molecule has 2 unspecified atom stereocenters. The molecule has 0 bridgehead atoms. The van der Waals surface area contributed by atoms with E-state index in [4.69, 9.17) is 9.47 Å². The Morgan fingerprint density at radius 3 is 1.22 bits per heavy atom. The molecule has 1 fully saturated rings. The van der Waals surface area contributed by atoms with Gasteiger partial charge in [0.1, 0.15) is 29.2 Å². The molecular formula is C71H120N2O8S2. The van der Waals surface area contributed by atoms with Gasteiger partial charge in [-0.2, -0.15) is 23.5 Å². The number of phenolic OH excluding ortho intramolecular Hbond substituents is 2. The van der Waals surface area contributed by atoms with Crippen molar-refractivity contribution in [1.82, 2.24) is 9.80 Å². The van der Waals surface area contributed by atoms with Gasteiger partial charge in [-0.1, -0.05) is 223 Å². The fourth-order valence-electron chi connectivity index (χ4n) is 12.7. The van der Waals surface area contributed by atoms with Crippen molar-refractivity contribution in [3.8, 4) is 11.5 Å². The standard InChI is InChI=1S/C71H120N2O8S2/c1-17-19-21-23-25-27-29-31-33-35-41-82-49-57(80-61(74)39-37-55-43-53(3)63(76)59(45-55)69(11,12)51-67(5,6)7)47-72-65(78)71(15,16)73(66(72)79)48-58(50-83-42-36-34-32-30-28-26-24-22-20-18-2)81-62(75)40-38-56-44-54(4)64(77)60(46-56)70(13,14)52-68(8,9)10/h43-46,57-58,76-77H,17-42,47-52H2,1-16H3. The highest BCUT2D eigenvalue weighted by atomic mass is 32.2. The number of nitrogens with zero attached hydrogens (tertiary/aromatic N) is 2. The van der Waals surface area contributed by atoms with Gasteiger partial charge in [0.2, 0.25) is 0 Å². The van der Waals surface area contributed by atoms with Gasteiger partial charge in [-0.25, -0.2) is 4.79 Å². The second kappa shape index (κ2) is 36.1. The van der Waals surface area contributed by atoms with Gasteiger partial charge in [0.15, 0.2) is 0 Å². The number of imide groups is 1. The highest BCUT2D eigenvalue weighted by Crippen LogP contribution is 2.43. The van der Waals surface area contributed by atoms with Crippen molar-refractivity contribution in [3.05, 3.63) is 57.6 Å². The fourth-order valence-corrected chi connectivity index (χ4v) is 14.7. The molecule has 2 atom stereocenters. The monoisotopic (exact) mass is 1190 g/mol. The first-order valence-electron chi connectivity index (χ1n) is 32.8. The number of phenols is 2. The first kappa shape index (κ1) is 73.9. The minimum atomic E-state index is -1.24. The van der Waals surface area contributed by atoms with E-state index in [2.05, 4.69) is 83.1 Å². The van der Waals surface area contributed by atoms with Crippen molar-refractivity contribution >= 4 is 47.4 Å². The number of ether oxygens (including phenoxy) is 2. The van der Waals surface area contributed by atoms with Crippen LogP contribution in [0.25, 0.3) is 0 Å². The van der Waals surface area contributed by atoms with E-state index in [0.29, 0.717) is 35.8 Å². The molecule has 0 spiro atoms. The summed E-state index contributed by atoms with van der Waals surface area (Å²) in [5.41, 5.74) is 3.43. The van der Waals surface area contributed by atoms with Crippen LogP contribution in [0.3, 0.4) is 0 Å². The van der Waals surface area contributed by atoms with Crippen LogP contribution in [0.2, 0.25) is 0 Å². The number of thioether (sulfide) groups is 2. The normalized spacial score (nSPS) is 14.9. The van der Waals surface area contributed by atoms with E-state index in [1.54, 1.807) is 42.3 Å². The number of hydrogen-bond donors (Lipinski definition) is 2. The lowest BCUT2D eigenvalue weighted by Gasteiger charge is -2.34. The zero-order chi connectivity index (χ0) is 62.0. The molecule has 0 aromatic heterocycles. The van der Waals surface area contributed by atoms with Crippen LogP contribution in [-0.2, 0) is 47.5 Å².